The number of allylic oxidation sites excluding steroid dienone is 2. The van der Waals surface area contributed by atoms with Gasteiger partial charge in [0.25, 0.3) is 0 Å². The van der Waals surface area contributed by atoms with Crippen LogP contribution in [0.3, 0.4) is 0 Å². The van der Waals surface area contributed by atoms with Gasteiger partial charge in [0.1, 0.15) is 0 Å². The van der Waals surface area contributed by atoms with Crippen LogP contribution in [0.4, 0.5) is 8.78 Å². The summed E-state index contributed by atoms with van der Waals surface area (Å²) in [6.07, 6.45) is 2.28. The Labute approximate surface area is 55.4 Å². The number of rotatable bonds is 4. The standard InChI is InChI=1S/C6H11F2P/c1-3-5(7)9-6(8)4-2/h3-6H,1-2H2,9H3. The minimum absolute atomic E-state index is 1.11. The Kier molecular flexibility index (Phi) is 4.51. The molecule has 0 fully saturated rings. The molecule has 0 aromatic carbocycles. The second-order valence-corrected chi connectivity index (χ2v) is 3.77. The second-order valence-electron chi connectivity index (χ2n) is 1.74. The van der Waals surface area contributed by atoms with Gasteiger partial charge < -0.3 is 0 Å². The molecule has 0 radical (unpaired) electrons. The molecule has 0 heterocycles. The van der Waals surface area contributed by atoms with Gasteiger partial charge in [0, 0.05) is 0 Å². The van der Waals surface area contributed by atoms with Crippen LogP contribution < -0.4 is 0 Å². The van der Waals surface area contributed by atoms with E-state index in [0.717, 1.165) is 12.2 Å². The summed E-state index contributed by atoms with van der Waals surface area (Å²) in [4.78, 5) is 0. The summed E-state index contributed by atoms with van der Waals surface area (Å²) in [6.45, 7) is 6.41. The summed E-state index contributed by atoms with van der Waals surface area (Å²) >= 11 is 0. The van der Waals surface area contributed by atoms with Gasteiger partial charge in [0.2, 0.25) is 0 Å². The quantitative estimate of drug-likeness (QED) is 0.427. The molecular formula is C6H11F2P. The van der Waals surface area contributed by atoms with Crippen LogP contribution in [0.5, 0.6) is 0 Å². The zero-order chi connectivity index (χ0) is 7.28. The van der Waals surface area contributed by atoms with Crippen molar-refractivity contribution in [1.82, 2.24) is 0 Å². The minimum atomic E-state index is -1.31. The molecule has 0 aliphatic heterocycles. The molecule has 0 aliphatic carbocycles. The van der Waals surface area contributed by atoms with Crippen LogP contribution in [-0.2, 0) is 0 Å². The van der Waals surface area contributed by atoms with Gasteiger partial charge in [-0.15, -0.1) is 0 Å². The number of alkyl halides is 2. The summed E-state index contributed by atoms with van der Waals surface area (Å²) in [5.41, 5.74) is 0. The maximum atomic E-state index is 12.2. The summed E-state index contributed by atoms with van der Waals surface area (Å²) in [5.74, 6) is -2.23. The summed E-state index contributed by atoms with van der Waals surface area (Å²) in [7, 11) is -1.31. The molecule has 0 aromatic rings. The van der Waals surface area contributed by atoms with Gasteiger partial charge in [-0.05, 0) is 0 Å². The van der Waals surface area contributed by atoms with E-state index in [4.69, 9.17) is 0 Å². The van der Waals surface area contributed by atoms with Gasteiger partial charge in [0.05, 0.1) is 0 Å². The van der Waals surface area contributed by atoms with Crippen LogP contribution in [-0.4, -0.2) is 11.8 Å². The van der Waals surface area contributed by atoms with E-state index in [0.29, 0.717) is 0 Å². The maximum absolute atomic E-state index is 12.2. The molecule has 54 valence electrons. The fraction of sp³-hybridized carbons (Fsp3) is 0.333. The van der Waals surface area contributed by atoms with Crippen molar-refractivity contribution in [2.24, 2.45) is 0 Å². The molecule has 2 unspecified atom stereocenters. The Hall–Kier alpha value is -0.230. The molecule has 0 aliphatic rings. The molecule has 2 atom stereocenters. The van der Waals surface area contributed by atoms with Crippen LogP contribution in [0.2, 0.25) is 0 Å². The third kappa shape index (κ3) is 4.28. The van der Waals surface area contributed by atoms with E-state index in [2.05, 4.69) is 13.2 Å². The van der Waals surface area contributed by atoms with Crippen molar-refractivity contribution < 1.29 is 8.78 Å². The monoisotopic (exact) mass is 152 g/mol. The van der Waals surface area contributed by atoms with Crippen molar-refractivity contribution in [2.45, 2.75) is 11.8 Å². The Morgan fingerprint density at radius 1 is 1.11 bits per heavy atom. The predicted molar refractivity (Wildman–Crippen MR) is 41.3 cm³/mol. The molecule has 0 aromatic heterocycles. The zero-order valence-electron chi connectivity index (χ0n) is 5.19. The second kappa shape index (κ2) is 4.63. The fourth-order valence-corrected chi connectivity index (χ4v) is 1.22. The topological polar surface area (TPSA) is 0 Å². The van der Waals surface area contributed by atoms with Gasteiger partial charge in [-0.1, -0.05) is 0 Å². The molecule has 3 heteroatoms. The van der Waals surface area contributed by atoms with Gasteiger partial charge in [-0.25, -0.2) is 0 Å². The van der Waals surface area contributed by atoms with Crippen molar-refractivity contribution in [3.05, 3.63) is 25.3 Å². The molecule has 0 saturated carbocycles. The first kappa shape index (κ1) is 8.77. The Morgan fingerprint density at radius 3 is 1.67 bits per heavy atom. The van der Waals surface area contributed by atoms with Crippen LogP contribution >= 0.6 is 8.58 Å². The van der Waals surface area contributed by atoms with Gasteiger partial charge in [0.15, 0.2) is 0 Å². The van der Waals surface area contributed by atoms with Crippen molar-refractivity contribution in [3.63, 3.8) is 0 Å². The molecule has 0 spiro atoms. The summed E-state index contributed by atoms with van der Waals surface area (Å²) in [5, 5.41) is 0. The van der Waals surface area contributed by atoms with E-state index < -0.39 is 20.4 Å². The zero-order valence-corrected chi connectivity index (χ0v) is 6.60. The Bertz CT molecular complexity index is 91.2. The number of halogens is 2. The first-order valence-corrected chi connectivity index (χ1v) is 4.37. The molecule has 0 nitrogen and oxygen atoms in total. The van der Waals surface area contributed by atoms with Crippen LogP contribution in [0, 0.1) is 0 Å². The normalized spacial score (nSPS) is 16.7. The summed E-state index contributed by atoms with van der Waals surface area (Å²) < 4.78 is 24.5. The third-order valence-corrected chi connectivity index (χ3v) is 2.53. The molecule has 0 N–H and O–H groups in total. The van der Waals surface area contributed by atoms with Crippen molar-refractivity contribution in [3.8, 4) is 0 Å². The van der Waals surface area contributed by atoms with E-state index in [-0.39, 0.29) is 0 Å². The molecule has 0 saturated heterocycles. The average molecular weight is 152 g/mol. The van der Waals surface area contributed by atoms with Crippen LogP contribution in [0.25, 0.3) is 0 Å². The van der Waals surface area contributed by atoms with E-state index in [9.17, 15) is 8.78 Å². The van der Waals surface area contributed by atoms with Gasteiger partial charge >= 0.3 is 54.5 Å². The van der Waals surface area contributed by atoms with E-state index in [1.54, 1.807) is 0 Å². The van der Waals surface area contributed by atoms with E-state index in [1.165, 1.54) is 0 Å². The van der Waals surface area contributed by atoms with E-state index >= 15 is 0 Å². The number of hydrogen-bond acceptors (Lipinski definition) is 0. The van der Waals surface area contributed by atoms with E-state index in [1.807, 2.05) is 0 Å². The van der Waals surface area contributed by atoms with Crippen molar-refractivity contribution >= 4 is 8.58 Å². The summed E-state index contributed by atoms with van der Waals surface area (Å²) in [6, 6.07) is 0. The Balaban J connectivity index is 3.45. The van der Waals surface area contributed by atoms with Gasteiger partial charge in [-0.2, -0.15) is 0 Å². The predicted octanol–water partition coefficient (Wildman–Crippen LogP) is 2.09. The molecule has 9 heavy (non-hydrogen) atoms. The van der Waals surface area contributed by atoms with Gasteiger partial charge in [-0.3, -0.25) is 0 Å². The van der Waals surface area contributed by atoms with Crippen LogP contribution in [0.1, 0.15) is 0 Å². The number of hydrogen-bond donors (Lipinski definition) is 0. The van der Waals surface area contributed by atoms with Crippen molar-refractivity contribution in [1.29, 1.82) is 0 Å². The van der Waals surface area contributed by atoms with Crippen LogP contribution in [0.15, 0.2) is 25.3 Å². The Morgan fingerprint density at radius 2 is 1.44 bits per heavy atom. The first-order valence-electron chi connectivity index (χ1n) is 2.74. The molecule has 0 amide bonds. The molecule has 0 rings (SSSR count). The average Bonchev–Trinajstić information content (AvgIpc) is 1.87. The molecular weight excluding hydrogens is 141 g/mol. The first-order chi connectivity index (χ1) is 4.20. The fourth-order valence-electron chi connectivity index (χ4n) is 0.408. The molecule has 0 bridgehead atoms. The van der Waals surface area contributed by atoms with Crippen molar-refractivity contribution in [2.75, 3.05) is 0 Å². The third-order valence-electron chi connectivity index (χ3n) is 0.962. The SMILES string of the molecule is C=CC(F)[PH3]C(F)C=C.